The van der Waals surface area contributed by atoms with Gasteiger partial charge in [-0.1, -0.05) is 0 Å². The Hall–Kier alpha value is -0.685. The molecule has 0 fully saturated rings. The maximum atomic E-state index is 10.3. The van der Waals surface area contributed by atoms with Crippen molar-refractivity contribution in [1.29, 1.82) is 0 Å². The minimum absolute atomic E-state index is 0. The summed E-state index contributed by atoms with van der Waals surface area (Å²) in [4.78, 5) is 20.7. The third-order valence-corrected chi connectivity index (χ3v) is 1.38. The molecule has 1 aromatic carbocycles. The van der Waals surface area contributed by atoms with Crippen molar-refractivity contribution in [3.8, 4) is 0 Å². The average molecular weight is 321 g/mol. The smallest absolute Gasteiger partial charge is 0.335 e. The van der Waals surface area contributed by atoms with Crippen molar-refractivity contribution in [2.24, 2.45) is 0 Å². The van der Waals surface area contributed by atoms with E-state index in [4.69, 9.17) is 10.2 Å². The zero-order chi connectivity index (χ0) is 9.14. The SMILES string of the molecule is O=C(O)c1ccc(C(=O)O)cc1.[La].[NH2-]. The van der Waals surface area contributed by atoms with Crippen LogP contribution in [-0.4, -0.2) is 22.2 Å². The van der Waals surface area contributed by atoms with Gasteiger partial charge in [0.25, 0.3) is 0 Å². The van der Waals surface area contributed by atoms with E-state index in [2.05, 4.69) is 0 Å². The second kappa shape index (κ2) is 6.72. The Balaban J connectivity index is 0. The Morgan fingerprint density at radius 2 is 1.07 bits per heavy atom. The molecular formula is C8H8LaNO4-. The first-order valence-electron chi connectivity index (χ1n) is 3.18. The number of carbonyl (C=O) groups is 2. The van der Waals surface area contributed by atoms with Crippen LogP contribution in [0.2, 0.25) is 0 Å². The molecule has 0 heterocycles. The van der Waals surface area contributed by atoms with Crippen LogP contribution >= 0.6 is 0 Å². The number of benzene rings is 1. The molecule has 5 nitrogen and oxygen atoms in total. The van der Waals surface area contributed by atoms with Crippen LogP contribution in [0, 0.1) is 35.6 Å². The van der Waals surface area contributed by atoms with Crippen LogP contribution in [0.5, 0.6) is 0 Å². The minimum atomic E-state index is -1.06. The van der Waals surface area contributed by atoms with Gasteiger partial charge in [-0.05, 0) is 24.3 Å². The molecule has 1 radical (unpaired) electrons. The number of carboxylic acid groups (broad SMARTS) is 2. The molecule has 14 heavy (non-hydrogen) atoms. The zero-order valence-corrected chi connectivity index (χ0v) is 10.8. The molecule has 6 heteroatoms. The summed E-state index contributed by atoms with van der Waals surface area (Å²) in [7, 11) is 0. The molecule has 0 unspecified atom stereocenters. The molecule has 0 saturated carbocycles. The van der Waals surface area contributed by atoms with Gasteiger partial charge in [0.2, 0.25) is 0 Å². The maximum absolute atomic E-state index is 10.3. The number of carboxylic acids is 2. The molecule has 73 valence electrons. The summed E-state index contributed by atoms with van der Waals surface area (Å²) < 4.78 is 0. The molecule has 0 aliphatic rings. The number of aromatic carboxylic acids is 2. The predicted molar refractivity (Wildman–Crippen MR) is 45.6 cm³/mol. The van der Waals surface area contributed by atoms with E-state index in [0.29, 0.717) is 0 Å². The molecule has 0 spiro atoms. The van der Waals surface area contributed by atoms with E-state index in [1.54, 1.807) is 0 Å². The van der Waals surface area contributed by atoms with Gasteiger partial charge in [-0.3, -0.25) is 0 Å². The largest absolute Gasteiger partial charge is 0.693 e. The van der Waals surface area contributed by atoms with Crippen LogP contribution < -0.4 is 0 Å². The van der Waals surface area contributed by atoms with Gasteiger partial charge >= 0.3 is 11.9 Å². The van der Waals surface area contributed by atoms with E-state index < -0.39 is 11.9 Å². The second-order valence-electron chi connectivity index (χ2n) is 2.19. The van der Waals surface area contributed by atoms with Gasteiger partial charge < -0.3 is 16.4 Å². The predicted octanol–water partition coefficient (Wildman–Crippen LogP) is 1.80. The third-order valence-electron chi connectivity index (χ3n) is 1.38. The summed E-state index contributed by atoms with van der Waals surface area (Å²) in [6, 6.07) is 5.02. The quantitative estimate of drug-likeness (QED) is 0.865. The number of hydrogen-bond acceptors (Lipinski definition) is 2. The average Bonchev–Trinajstić information content (AvgIpc) is 2.04. The van der Waals surface area contributed by atoms with Gasteiger partial charge in [-0.2, -0.15) is 0 Å². The Kier molecular flexibility index (Phi) is 7.57. The first-order valence-corrected chi connectivity index (χ1v) is 3.18. The minimum Gasteiger partial charge on any atom is -0.693 e. The van der Waals surface area contributed by atoms with Crippen LogP contribution in [0.1, 0.15) is 20.7 Å². The van der Waals surface area contributed by atoms with Crippen LogP contribution in [-0.2, 0) is 0 Å². The number of nitrogens with two attached hydrogens (primary N) is 1. The Bertz CT molecular complexity index is 290. The zero-order valence-electron chi connectivity index (χ0n) is 7.18. The second-order valence-corrected chi connectivity index (χ2v) is 2.19. The summed E-state index contributed by atoms with van der Waals surface area (Å²) in [6.07, 6.45) is 0. The van der Waals surface area contributed by atoms with Crippen molar-refractivity contribution in [2.45, 2.75) is 0 Å². The van der Waals surface area contributed by atoms with Gasteiger partial charge in [-0.25, -0.2) is 9.59 Å². The van der Waals surface area contributed by atoms with E-state index in [1.807, 2.05) is 0 Å². The van der Waals surface area contributed by atoms with Crippen molar-refractivity contribution >= 4 is 11.9 Å². The van der Waals surface area contributed by atoms with Crippen LogP contribution in [0.3, 0.4) is 0 Å². The number of rotatable bonds is 2. The van der Waals surface area contributed by atoms with Gasteiger partial charge in [0, 0.05) is 35.6 Å². The molecule has 0 aliphatic heterocycles. The van der Waals surface area contributed by atoms with Crippen molar-refractivity contribution < 1.29 is 55.4 Å². The van der Waals surface area contributed by atoms with E-state index in [0.717, 1.165) is 0 Å². The fourth-order valence-corrected chi connectivity index (χ4v) is 0.755. The monoisotopic (exact) mass is 321 g/mol. The number of hydrogen-bond donors (Lipinski definition) is 2. The van der Waals surface area contributed by atoms with Gasteiger partial charge in [0.1, 0.15) is 0 Å². The van der Waals surface area contributed by atoms with Crippen LogP contribution in [0.15, 0.2) is 24.3 Å². The molecule has 0 aromatic heterocycles. The Morgan fingerprint density at radius 3 is 1.21 bits per heavy atom. The van der Waals surface area contributed by atoms with E-state index in [9.17, 15) is 9.59 Å². The summed E-state index contributed by atoms with van der Waals surface area (Å²) in [6.45, 7) is 0. The Morgan fingerprint density at radius 1 is 0.857 bits per heavy atom. The third kappa shape index (κ3) is 4.02. The van der Waals surface area contributed by atoms with Crippen LogP contribution in [0.4, 0.5) is 0 Å². The molecule has 0 amide bonds. The topological polar surface area (TPSA) is 108 Å². The van der Waals surface area contributed by atoms with Gasteiger partial charge in [0.05, 0.1) is 11.1 Å². The summed E-state index contributed by atoms with van der Waals surface area (Å²) in [5.74, 6) is -2.13. The first kappa shape index (κ1) is 15.8. The molecule has 1 rings (SSSR count). The molecule has 4 N–H and O–H groups in total. The summed E-state index contributed by atoms with van der Waals surface area (Å²) in [5, 5.41) is 16.9. The summed E-state index contributed by atoms with van der Waals surface area (Å²) >= 11 is 0. The maximum Gasteiger partial charge on any atom is 0.335 e. The normalized spacial score (nSPS) is 8.00. The standard InChI is InChI=1S/C8H6O4.La.H2N/c9-7(10)5-1-2-6(4-3-5)8(11)12;;/h1-4H,(H,9,10)(H,11,12);;1H2/q;;-1. The van der Waals surface area contributed by atoms with Crippen molar-refractivity contribution in [3.05, 3.63) is 41.5 Å². The van der Waals surface area contributed by atoms with Crippen molar-refractivity contribution in [1.82, 2.24) is 0 Å². The van der Waals surface area contributed by atoms with E-state index in [-0.39, 0.29) is 52.9 Å². The molecule has 0 bridgehead atoms. The first-order chi connectivity index (χ1) is 5.61. The molecular weight excluding hydrogens is 313 g/mol. The fraction of sp³-hybridized carbons (Fsp3) is 0. The summed E-state index contributed by atoms with van der Waals surface area (Å²) in [5.41, 5.74) is 0.167. The fourth-order valence-electron chi connectivity index (χ4n) is 0.755. The molecule has 0 atom stereocenters. The Labute approximate surface area is 108 Å². The van der Waals surface area contributed by atoms with Gasteiger partial charge in [-0.15, -0.1) is 0 Å². The van der Waals surface area contributed by atoms with E-state index >= 15 is 0 Å². The van der Waals surface area contributed by atoms with Gasteiger partial charge in [0.15, 0.2) is 0 Å². The molecule has 0 aliphatic carbocycles. The van der Waals surface area contributed by atoms with E-state index in [1.165, 1.54) is 24.3 Å². The van der Waals surface area contributed by atoms with Crippen molar-refractivity contribution in [3.63, 3.8) is 0 Å². The van der Waals surface area contributed by atoms with Crippen LogP contribution in [0.25, 0.3) is 6.15 Å². The van der Waals surface area contributed by atoms with Crippen molar-refractivity contribution in [2.75, 3.05) is 0 Å². The molecule has 0 saturated heterocycles. The molecule has 1 aromatic rings.